The Morgan fingerprint density at radius 2 is 2.22 bits per heavy atom. The van der Waals surface area contributed by atoms with Crippen molar-refractivity contribution in [3.63, 3.8) is 0 Å². The number of hydrogen-bond acceptors (Lipinski definition) is 3. The molecule has 2 aromatic rings. The number of thiophene rings is 1. The second kappa shape index (κ2) is 5.87. The number of rotatable bonds is 5. The first kappa shape index (κ1) is 13.6. The molecule has 0 amide bonds. The van der Waals surface area contributed by atoms with E-state index in [1.54, 1.807) is 11.3 Å². The monoisotopic (exact) mass is 283 g/mol. The van der Waals surface area contributed by atoms with Crippen molar-refractivity contribution in [2.45, 2.75) is 33.4 Å². The van der Waals surface area contributed by atoms with Crippen molar-refractivity contribution in [3.8, 4) is 0 Å². The van der Waals surface area contributed by atoms with Crippen molar-refractivity contribution in [3.05, 3.63) is 38.3 Å². The predicted octanol–water partition coefficient (Wildman–Crippen LogP) is 3.30. The maximum Gasteiger partial charge on any atom is 0.0860 e. The van der Waals surface area contributed by atoms with E-state index in [2.05, 4.69) is 28.8 Å². The molecular weight excluding hydrogens is 266 g/mol. The highest BCUT2D eigenvalue weighted by Crippen LogP contribution is 2.20. The Kier molecular flexibility index (Phi) is 4.43. The van der Waals surface area contributed by atoms with Crippen molar-refractivity contribution in [1.29, 1.82) is 0 Å². The summed E-state index contributed by atoms with van der Waals surface area (Å²) in [6.45, 7) is 5.76. The molecule has 0 saturated heterocycles. The number of aromatic nitrogens is 2. The van der Waals surface area contributed by atoms with Gasteiger partial charge < -0.3 is 5.32 Å². The molecule has 0 bridgehead atoms. The van der Waals surface area contributed by atoms with Gasteiger partial charge in [0.25, 0.3) is 0 Å². The summed E-state index contributed by atoms with van der Waals surface area (Å²) < 4.78 is 1.85. The van der Waals surface area contributed by atoms with Gasteiger partial charge in [-0.1, -0.05) is 18.5 Å². The number of nitrogens with zero attached hydrogens (tertiary/aromatic N) is 2. The van der Waals surface area contributed by atoms with E-state index in [1.165, 1.54) is 10.4 Å². The molecule has 0 spiro atoms. The van der Waals surface area contributed by atoms with E-state index in [0.29, 0.717) is 0 Å². The summed E-state index contributed by atoms with van der Waals surface area (Å²) in [5, 5.41) is 10.7. The molecule has 0 radical (unpaired) electrons. The van der Waals surface area contributed by atoms with Crippen LogP contribution in [0.3, 0.4) is 0 Å². The van der Waals surface area contributed by atoms with Gasteiger partial charge in [0, 0.05) is 25.0 Å². The van der Waals surface area contributed by atoms with E-state index >= 15 is 0 Å². The lowest BCUT2D eigenvalue weighted by atomic mass is 10.2. The van der Waals surface area contributed by atoms with Gasteiger partial charge in [-0.25, -0.2) is 0 Å². The van der Waals surface area contributed by atoms with Crippen LogP contribution >= 0.6 is 22.9 Å². The number of nitrogens with one attached hydrogen (secondary N) is 1. The second-order valence-corrected chi connectivity index (χ2v) is 5.67. The van der Waals surface area contributed by atoms with Gasteiger partial charge >= 0.3 is 0 Å². The second-order valence-electron chi connectivity index (χ2n) is 4.30. The Bertz CT molecular complexity index is 530. The van der Waals surface area contributed by atoms with Crippen LogP contribution in [0, 0.1) is 6.92 Å². The smallest absolute Gasteiger partial charge is 0.0860 e. The molecule has 0 aliphatic heterocycles. The van der Waals surface area contributed by atoms with Gasteiger partial charge in [0.15, 0.2) is 0 Å². The van der Waals surface area contributed by atoms with Crippen LogP contribution < -0.4 is 5.32 Å². The zero-order chi connectivity index (χ0) is 13.1. The molecule has 2 heterocycles. The van der Waals surface area contributed by atoms with Crippen LogP contribution in [0.25, 0.3) is 0 Å². The van der Waals surface area contributed by atoms with Gasteiger partial charge in [0.05, 0.1) is 16.4 Å². The van der Waals surface area contributed by atoms with Gasteiger partial charge in [-0.2, -0.15) is 5.10 Å². The Morgan fingerprint density at radius 1 is 1.44 bits per heavy atom. The van der Waals surface area contributed by atoms with Crippen LogP contribution in [0.2, 0.25) is 5.02 Å². The van der Waals surface area contributed by atoms with E-state index in [4.69, 9.17) is 11.6 Å². The highest BCUT2D eigenvalue weighted by Gasteiger charge is 2.10. The van der Waals surface area contributed by atoms with Crippen LogP contribution in [-0.2, 0) is 26.6 Å². The molecule has 0 unspecified atom stereocenters. The van der Waals surface area contributed by atoms with Gasteiger partial charge in [-0.05, 0) is 30.4 Å². The number of halogens is 1. The van der Waals surface area contributed by atoms with E-state index in [-0.39, 0.29) is 0 Å². The van der Waals surface area contributed by atoms with E-state index < -0.39 is 0 Å². The molecule has 1 N–H and O–H groups in total. The van der Waals surface area contributed by atoms with Crippen LogP contribution in [-0.4, -0.2) is 9.78 Å². The zero-order valence-corrected chi connectivity index (χ0v) is 12.5. The van der Waals surface area contributed by atoms with Gasteiger partial charge in [0.2, 0.25) is 0 Å². The molecule has 0 saturated carbocycles. The third-order valence-electron chi connectivity index (χ3n) is 3.06. The summed E-state index contributed by atoms with van der Waals surface area (Å²) in [5.74, 6) is 0. The van der Waals surface area contributed by atoms with Gasteiger partial charge in [-0.3, -0.25) is 4.68 Å². The topological polar surface area (TPSA) is 29.9 Å². The van der Waals surface area contributed by atoms with E-state index in [9.17, 15) is 0 Å². The standard InChI is InChI=1S/C13H18ClN3S/c1-4-10-5-6-18-12(10)8-15-7-11-13(14)9(2)16-17(11)3/h5-6,15H,4,7-8H2,1-3H3. The summed E-state index contributed by atoms with van der Waals surface area (Å²) in [7, 11) is 1.93. The average molecular weight is 284 g/mol. The fourth-order valence-corrected chi connectivity index (χ4v) is 3.18. The van der Waals surface area contributed by atoms with E-state index in [0.717, 1.165) is 35.9 Å². The Labute approximate surface area is 117 Å². The first-order valence-electron chi connectivity index (χ1n) is 6.07. The van der Waals surface area contributed by atoms with Gasteiger partial charge in [-0.15, -0.1) is 11.3 Å². The number of hydrogen-bond donors (Lipinski definition) is 1. The molecule has 0 aliphatic carbocycles. The molecule has 0 fully saturated rings. The molecular formula is C13H18ClN3S. The first-order chi connectivity index (χ1) is 8.63. The quantitative estimate of drug-likeness (QED) is 0.912. The van der Waals surface area contributed by atoms with Crippen molar-refractivity contribution >= 4 is 22.9 Å². The fraction of sp³-hybridized carbons (Fsp3) is 0.462. The summed E-state index contributed by atoms with van der Waals surface area (Å²) in [4.78, 5) is 1.41. The van der Waals surface area contributed by atoms with Crippen LogP contribution in [0.15, 0.2) is 11.4 Å². The SMILES string of the molecule is CCc1ccsc1CNCc1c(Cl)c(C)nn1C. The Balaban J connectivity index is 1.96. The third kappa shape index (κ3) is 2.76. The van der Waals surface area contributed by atoms with Crippen LogP contribution in [0.5, 0.6) is 0 Å². The zero-order valence-electron chi connectivity index (χ0n) is 11.0. The summed E-state index contributed by atoms with van der Waals surface area (Å²) in [6, 6.07) is 2.20. The molecule has 0 aliphatic rings. The van der Waals surface area contributed by atoms with Crippen molar-refractivity contribution in [2.75, 3.05) is 0 Å². The van der Waals surface area contributed by atoms with Crippen molar-refractivity contribution in [1.82, 2.24) is 15.1 Å². The maximum absolute atomic E-state index is 6.21. The molecule has 3 nitrogen and oxygen atoms in total. The predicted molar refractivity (Wildman–Crippen MR) is 77.2 cm³/mol. The molecule has 5 heteroatoms. The largest absolute Gasteiger partial charge is 0.306 e. The third-order valence-corrected chi connectivity index (χ3v) is 4.51. The van der Waals surface area contributed by atoms with Gasteiger partial charge in [0.1, 0.15) is 0 Å². The lowest BCUT2D eigenvalue weighted by Gasteiger charge is -2.06. The van der Waals surface area contributed by atoms with E-state index in [1.807, 2.05) is 18.7 Å². The lowest BCUT2D eigenvalue weighted by Crippen LogP contribution is -2.15. The molecule has 2 rings (SSSR count). The molecule has 0 aromatic carbocycles. The fourth-order valence-electron chi connectivity index (χ4n) is 2.00. The minimum Gasteiger partial charge on any atom is -0.306 e. The Morgan fingerprint density at radius 3 is 2.83 bits per heavy atom. The summed E-state index contributed by atoms with van der Waals surface area (Å²) in [6.07, 6.45) is 1.09. The van der Waals surface area contributed by atoms with Crippen LogP contribution in [0.4, 0.5) is 0 Å². The highest BCUT2D eigenvalue weighted by molar-refractivity contribution is 7.10. The van der Waals surface area contributed by atoms with Crippen molar-refractivity contribution < 1.29 is 0 Å². The molecule has 0 atom stereocenters. The normalized spacial score (nSPS) is 11.1. The summed E-state index contributed by atoms with van der Waals surface area (Å²) >= 11 is 8.02. The maximum atomic E-state index is 6.21. The lowest BCUT2D eigenvalue weighted by molar-refractivity contribution is 0.626. The summed E-state index contributed by atoms with van der Waals surface area (Å²) in [5.41, 5.74) is 3.37. The van der Waals surface area contributed by atoms with Crippen LogP contribution in [0.1, 0.15) is 28.8 Å². The minimum atomic E-state index is 0.747. The minimum absolute atomic E-state index is 0.747. The molecule has 18 heavy (non-hydrogen) atoms. The Hall–Kier alpha value is -0.840. The highest BCUT2D eigenvalue weighted by atomic mass is 35.5. The molecule has 2 aromatic heterocycles. The first-order valence-corrected chi connectivity index (χ1v) is 7.33. The molecule has 98 valence electrons. The average Bonchev–Trinajstić information content (AvgIpc) is 2.89. The van der Waals surface area contributed by atoms with Crippen molar-refractivity contribution in [2.24, 2.45) is 7.05 Å². The number of aryl methyl sites for hydroxylation is 3.